The Morgan fingerprint density at radius 3 is 1.08 bits per heavy atom. The molecule has 15 aromatic carbocycles. The van der Waals surface area contributed by atoms with E-state index in [9.17, 15) is 8.00 Å². The van der Waals surface area contributed by atoms with Gasteiger partial charge in [0.05, 0.1) is 51.2 Å². The van der Waals surface area contributed by atoms with Crippen LogP contribution in [-0.2, 0) is 32.5 Å². The molecule has 18 aromatic rings. The van der Waals surface area contributed by atoms with Gasteiger partial charge in [-0.05, 0) is 260 Å². The van der Waals surface area contributed by atoms with Crippen LogP contribution in [-0.4, -0.2) is 20.4 Å². The molecule has 0 saturated carbocycles. The maximum absolute atomic E-state index is 12.3. The Hall–Kier alpha value is -13.1. The molecule has 0 saturated heterocycles. The standard InChI is InChI=1S/C115H105BN6/c1-110(2,3)78-42-51-100-92(63-78)93-64-79(111(4,5)6)43-52-101(93)119(100)85-47-49-96-105(68-85)121(87-58-74(71-31-21-19-22-32-71)55-77(59-87)89-36-26-25-35-88(89)72-33-23-20-24-34-72)107-60-76(75-56-82(114(13,14)15)62-83(57-75)115(16,17)18)61-108-109(107)116(96)97-50-48-86(120-102-53-44-80(112(7,8)9)65-94(102)95-66-81(113(10,11)12)45-54-103(95)120)69-106(97)122(108)104-67-84(46-41-73(104)70-117)118-98-39-29-27-37-90(98)91-38-28-30-40-99(91)118/h19-69H,1-18H3/i20D,23D,24D,33D,34D. The largest absolute Gasteiger partial charge is 0.311 e. The molecule has 7 heteroatoms. The van der Waals surface area contributed by atoms with Gasteiger partial charge in [0.2, 0.25) is 0 Å². The topological polar surface area (TPSA) is 45.1 Å². The van der Waals surface area contributed by atoms with Crippen LogP contribution in [0.2, 0.25) is 0 Å². The van der Waals surface area contributed by atoms with Crippen molar-refractivity contribution in [2.45, 2.75) is 157 Å². The molecule has 2 aliphatic rings. The van der Waals surface area contributed by atoms with Gasteiger partial charge in [0, 0.05) is 77.8 Å². The van der Waals surface area contributed by atoms with Crippen molar-refractivity contribution >= 4 is 123 Å². The first-order chi connectivity index (χ1) is 60.3. The lowest BCUT2D eigenvalue weighted by Gasteiger charge is -2.45. The van der Waals surface area contributed by atoms with E-state index in [0.29, 0.717) is 22.4 Å². The molecule has 122 heavy (non-hydrogen) atoms. The number of hydrogen-bond donors (Lipinski definition) is 0. The first-order valence-electron chi connectivity index (χ1n) is 45.6. The van der Waals surface area contributed by atoms with Crippen LogP contribution in [0, 0.1) is 11.3 Å². The van der Waals surface area contributed by atoms with Gasteiger partial charge >= 0.3 is 0 Å². The van der Waals surface area contributed by atoms with E-state index in [1.165, 1.54) is 54.9 Å². The summed E-state index contributed by atoms with van der Waals surface area (Å²) in [4.78, 5) is 4.96. The second-order valence-electron chi connectivity index (χ2n) is 40.3. The quantitative estimate of drug-likeness (QED) is 0.135. The summed E-state index contributed by atoms with van der Waals surface area (Å²) in [6.45, 7) is 40.9. The highest BCUT2D eigenvalue weighted by Crippen LogP contribution is 2.53. The number of anilines is 6. The summed E-state index contributed by atoms with van der Waals surface area (Å²) in [5, 5.41) is 19.3. The second-order valence-corrected chi connectivity index (χ2v) is 40.3. The lowest BCUT2D eigenvalue weighted by molar-refractivity contribution is 0.569. The number of rotatable bonds is 9. The van der Waals surface area contributed by atoms with Crippen molar-refractivity contribution in [3.63, 3.8) is 0 Å². The average Bonchev–Trinajstić information content (AvgIpc) is 1.42. The molecule has 0 unspecified atom stereocenters. The van der Waals surface area contributed by atoms with E-state index in [4.69, 9.17) is 4.11 Å². The molecule has 598 valence electrons. The van der Waals surface area contributed by atoms with E-state index in [2.05, 4.69) is 397 Å². The van der Waals surface area contributed by atoms with Crippen LogP contribution in [0.4, 0.5) is 34.1 Å². The second kappa shape index (κ2) is 28.0. The van der Waals surface area contributed by atoms with Gasteiger partial charge in [-0.2, -0.15) is 5.26 Å². The molecule has 20 rings (SSSR count). The number of nitriles is 1. The van der Waals surface area contributed by atoms with Gasteiger partial charge in [-0.25, -0.2) is 0 Å². The van der Waals surface area contributed by atoms with E-state index in [1.54, 1.807) is 0 Å². The number of hydrogen-bond acceptors (Lipinski definition) is 3. The number of aromatic nitrogens is 3. The third-order valence-corrected chi connectivity index (χ3v) is 26.0. The van der Waals surface area contributed by atoms with Crippen LogP contribution in [0.3, 0.4) is 0 Å². The Bertz CT molecular complexity index is 7480. The van der Waals surface area contributed by atoms with Crippen molar-refractivity contribution in [1.82, 2.24) is 13.7 Å². The monoisotopic (exact) mass is 1590 g/mol. The normalized spacial score (nSPS) is 13.8. The molecular formula is C115H105BN6. The van der Waals surface area contributed by atoms with Gasteiger partial charge in [0.25, 0.3) is 6.71 Å². The molecule has 5 heterocycles. The summed E-state index contributed by atoms with van der Waals surface area (Å²) in [5.74, 6) is 0. The van der Waals surface area contributed by atoms with Gasteiger partial charge in [0.15, 0.2) is 0 Å². The first kappa shape index (κ1) is 71.7. The molecule has 0 spiro atoms. The summed E-state index contributed by atoms with van der Waals surface area (Å²) in [6, 6.07) is 104. The van der Waals surface area contributed by atoms with Crippen LogP contribution in [0.5, 0.6) is 0 Å². The van der Waals surface area contributed by atoms with Gasteiger partial charge in [0.1, 0.15) is 6.07 Å². The molecule has 6 nitrogen and oxygen atoms in total. The Balaban J connectivity index is 0.962. The van der Waals surface area contributed by atoms with Crippen molar-refractivity contribution in [2.24, 2.45) is 0 Å². The number of benzene rings is 15. The molecule has 0 atom stereocenters. The minimum absolute atomic E-state index is 0.122. The Kier molecular flexibility index (Phi) is 16.4. The summed E-state index contributed by atoms with van der Waals surface area (Å²) in [7, 11) is 0. The number of fused-ring (bicyclic) bond motifs is 13. The summed E-state index contributed by atoms with van der Waals surface area (Å²) < 4.78 is 53.5. The van der Waals surface area contributed by atoms with Crippen molar-refractivity contribution < 1.29 is 6.85 Å². The first-order valence-corrected chi connectivity index (χ1v) is 43.1. The van der Waals surface area contributed by atoms with E-state index >= 15 is 0 Å². The molecular weight excluding hydrogens is 1480 g/mol. The summed E-state index contributed by atoms with van der Waals surface area (Å²) in [5.41, 5.74) is 30.5. The molecule has 0 fully saturated rings. The molecule has 0 aliphatic carbocycles. The minimum Gasteiger partial charge on any atom is -0.311 e. The average molecular weight is 1590 g/mol. The van der Waals surface area contributed by atoms with Crippen molar-refractivity contribution in [1.29, 1.82) is 5.26 Å². The zero-order valence-electron chi connectivity index (χ0n) is 78.3. The zero-order valence-corrected chi connectivity index (χ0v) is 73.3. The Morgan fingerprint density at radius 2 is 0.631 bits per heavy atom. The van der Waals surface area contributed by atoms with Crippen molar-refractivity contribution in [3.8, 4) is 67.6 Å². The predicted octanol–water partition coefficient (Wildman–Crippen LogP) is 29.4. The van der Waals surface area contributed by atoms with Gasteiger partial charge in [-0.1, -0.05) is 300 Å². The van der Waals surface area contributed by atoms with E-state index in [1.807, 2.05) is 36.4 Å². The van der Waals surface area contributed by atoms with Crippen LogP contribution >= 0.6 is 0 Å². The molecule has 3 aromatic heterocycles. The van der Waals surface area contributed by atoms with Gasteiger partial charge < -0.3 is 23.5 Å². The lowest BCUT2D eigenvalue weighted by Crippen LogP contribution is -2.61. The van der Waals surface area contributed by atoms with Crippen LogP contribution in [0.15, 0.2) is 309 Å². The van der Waals surface area contributed by atoms with Crippen molar-refractivity contribution in [2.75, 3.05) is 9.80 Å². The number of nitrogens with zero attached hydrogens (tertiary/aromatic N) is 6. The van der Waals surface area contributed by atoms with E-state index in [-0.39, 0.29) is 50.1 Å². The predicted molar refractivity (Wildman–Crippen MR) is 522 cm³/mol. The third-order valence-electron chi connectivity index (χ3n) is 26.0. The highest BCUT2D eigenvalue weighted by Gasteiger charge is 2.46. The molecule has 2 aliphatic heterocycles. The maximum atomic E-state index is 12.3. The zero-order chi connectivity index (χ0) is 89.1. The van der Waals surface area contributed by atoms with Crippen LogP contribution in [0.25, 0.3) is 127 Å². The molecule has 0 amide bonds. The highest BCUT2D eigenvalue weighted by molar-refractivity contribution is 7.00. The van der Waals surface area contributed by atoms with Crippen molar-refractivity contribution in [3.05, 3.63) is 348 Å². The fraction of sp³-hybridized carbons (Fsp3) is 0.209. The Morgan fingerprint density at radius 1 is 0.262 bits per heavy atom. The molecule has 0 bridgehead atoms. The van der Waals surface area contributed by atoms with Crippen LogP contribution in [0.1, 0.15) is 170 Å². The number of para-hydroxylation sites is 2. The highest BCUT2D eigenvalue weighted by atomic mass is 15.2. The fourth-order valence-corrected chi connectivity index (χ4v) is 19.2. The summed E-state index contributed by atoms with van der Waals surface area (Å²) in [6.07, 6.45) is 0. The third kappa shape index (κ3) is 12.9. The van der Waals surface area contributed by atoms with Crippen LogP contribution < -0.4 is 26.2 Å². The molecule has 0 radical (unpaired) electrons. The molecule has 0 N–H and O–H groups in total. The minimum atomic E-state index is -0.456. The Labute approximate surface area is 726 Å². The smallest absolute Gasteiger partial charge is 0.252 e. The van der Waals surface area contributed by atoms with Gasteiger partial charge in [-0.15, -0.1) is 0 Å². The van der Waals surface area contributed by atoms with E-state index < -0.39 is 24.8 Å². The van der Waals surface area contributed by atoms with Gasteiger partial charge in [-0.3, -0.25) is 0 Å². The van der Waals surface area contributed by atoms with E-state index in [0.717, 1.165) is 134 Å². The SMILES string of the molecule is [2H]c1c([2H])c([2H])c(-c2ccccc2-c2cc(-c3ccccc3)cc(N3c4cc(-n5c6ccc(C(C)(C)C)cc6c6cc(C(C)(C)C)ccc65)ccc4B4c5ccc(-n6c7ccc(C(C)(C)C)cc7c7cc(C(C)(C)C)ccc76)cc5N(c5cc(-n6c7ccccc7c7ccccc76)ccc5C#N)c5cc(-c6cc(C(C)(C)C)cc(C(C)(C)C)c6)cc3c54)c2)c([2H])c1[2H]. The maximum Gasteiger partial charge on any atom is 0.252 e. The fourth-order valence-electron chi connectivity index (χ4n) is 19.2. The summed E-state index contributed by atoms with van der Waals surface area (Å²) >= 11 is 0. The lowest BCUT2D eigenvalue weighted by atomic mass is 9.33.